The standard InChI is InChI=1S/C35H64N5O9P/c1-4-6-8-10-12-14-15-16-18-20-24-47-28-30(48-25-21-19-17-13-11-9-7-5-2)26-31(41)32-22-23-35(49-32,50(44,45)46)39-27-29(3)33(42)40(34(39)43)38-37-36/h27,30-32,41H,4-26,28H2,1-3H3,(H2,44,45,46)/t30?,31?,32-,35-/m0/s1. The van der Waals surface area contributed by atoms with Crippen LogP contribution in [0.25, 0.3) is 10.4 Å². The van der Waals surface area contributed by atoms with E-state index in [0.717, 1.165) is 38.3 Å². The van der Waals surface area contributed by atoms with Gasteiger partial charge in [-0.1, -0.05) is 121 Å². The van der Waals surface area contributed by atoms with Gasteiger partial charge in [0.15, 0.2) is 0 Å². The van der Waals surface area contributed by atoms with Crippen LogP contribution < -0.4 is 11.2 Å². The van der Waals surface area contributed by atoms with Crippen LogP contribution in [0.3, 0.4) is 0 Å². The number of ether oxygens (including phenoxy) is 3. The number of aliphatic hydroxyl groups is 1. The van der Waals surface area contributed by atoms with Gasteiger partial charge in [-0.25, -0.2) is 14.2 Å². The Hall–Kier alpha value is -2.02. The van der Waals surface area contributed by atoms with Crippen molar-refractivity contribution >= 4 is 7.60 Å². The highest BCUT2D eigenvalue weighted by molar-refractivity contribution is 7.52. The number of aromatic nitrogens is 2. The molecule has 1 aliphatic rings. The molecule has 288 valence electrons. The van der Waals surface area contributed by atoms with Crippen molar-refractivity contribution in [1.29, 1.82) is 0 Å². The lowest BCUT2D eigenvalue weighted by molar-refractivity contribution is -0.114. The molecule has 0 spiro atoms. The zero-order valence-corrected chi connectivity index (χ0v) is 31.6. The molecule has 3 N–H and O–H groups in total. The van der Waals surface area contributed by atoms with Crippen molar-refractivity contribution < 1.29 is 33.7 Å². The van der Waals surface area contributed by atoms with E-state index < -0.39 is 42.6 Å². The van der Waals surface area contributed by atoms with Gasteiger partial charge in [-0.2, -0.15) is 4.91 Å². The smallest absolute Gasteiger partial charge is 0.390 e. The molecular weight excluding hydrogens is 665 g/mol. The average molecular weight is 730 g/mol. The molecule has 1 aliphatic heterocycles. The van der Waals surface area contributed by atoms with Crippen molar-refractivity contribution in [2.45, 2.75) is 179 Å². The number of hydrogen-bond acceptors (Lipinski definition) is 8. The Balaban J connectivity index is 2.00. The molecular formula is C35H64N5O9P. The van der Waals surface area contributed by atoms with E-state index in [1.807, 2.05) is 0 Å². The molecule has 1 aromatic heterocycles. The minimum absolute atomic E-state index is 0.0165. The summed E-state index contributed by atoms with van der Waals surface area (Å²) in [5, 5.41) is 14.4. The lowest BCUT2D eigenvalue weighted by atomic mass is 10.0. The SMILES string of the molecule is CCCCCCCCCCCCOCC(CC(O)[C@@H]1CC[C@@](n2cc(C)c(=O)n(N=[N+]=[N-])c2=O)(P(=O)(O)O)O1)OCCCCCCCCCC. The van der Waals surface area contributed by atoms with E-state index in [-0.39, 0.29) is 36.1 Å². The maximum atomic E-state index is 13.1. The second-order valence-corrected chi connectivity index (χ2v) is 15.6. The molecule has 0 aromatic carbocycles. The number of unbranched alkanes of at least 4 members (excludes halogenated alkanes) is 16. The summed E-state index contributed by atoms with van der Waals surface area (Å²) in [7, 11) is -5.24. The molecule has 1 aromatic rings. The van der Waals surface area contributed by atoms with Gasteiger partial charge >= 0.3 is 18.8 Å². The van der Waals surface area contributed by atoms with Crippen LogP contribution in [0.5, 0.6) is 0 Å². The molecule has 0 amide bonds. The molecule has 15 heteroatoms. The van der Waals surface area contributed by atoms with Gasteiger partial charge in [-0.3, -0.25) is 4.57 Å². The van der Waals surface area contributed by atoms with Crippen molar-refractivity contribution in [3.8, 4) is 0 Å². The Morgan fingerprint density at radius 1 is 0.940 bits per heavy atom. The topological polar surface area (TPSA) is 198 Å². The second-order valence-electron chi connectivity index (χ2n) is 13.8. The predicted molar refractivity (Wildman–Crippen MR) is 194 cm³/mol. The molecule has 1 saturated heterocycles. The summed E-state index contributed by atoms with van der Waals surface area (Å²) in [6.45, 7) is 7.09. The van der Waals surface area contributed by atoms with Gasteiger partial charge in [0.05, 0.1) is 30.5 Å². The third-order valence-electron chi connectivity index (χ3n) is 9.53. The summed E-state index contributed by atoms with van der Waals surface area (Å²) in [6, 6.07) is 0. The summed E-state index contributed by atoms with van der Waals surface area (Å²) in [5.74, 6) is 0. The van der Waals surface area contributed by atoms with E-state index in [2.05, 4.69) is 24.0 Å². The maximum Gasteiger partial charge on any atom is 0.429 e. The van der Waals surface area contributed by atoms with Gasteiger partial charge in [0.25, 0.3) is 5.47 Å². The van der Waals surface area contributed by atoms with Crippen molar-refractivity contribution in [1.82, 2.24) is 9.24 Å². The summed E-state index contributed by atoms with van der Waals surface area (Å²) >= 11 is 0. The third kappa shape index (κ3) is 14.5. The van der Waals surface area contributed by atoms with E-state index in [4.69, 9.17) is 19.7 Å². The van der Waals surface area contributed by atoms with Crippen LogP contribution in [-0.2, 0) is 24.2 Å². The van der Waals surface area contributed by atoms with Crippen LogP contribution in [0, 0.1) is 6.92 Å². The fourth-order valence-electron chi connectivity index (χ4n) is 6.52. The lowest BCUT2D eigenvalue weighted by Gasteiger charge is -2.32. The van der Waals surface area contributed by atoms with Crippen molar-refractivity contribution in [3.63, 3.8) is 0 Å². The number of nitrogens with zero attached hydrogens (tertiary/aromatic N) is 5. The first-order chi connectivity index (χ1) is 24.0. The van der Waals surface area contributed by atoms with Crippen LogP contribution in [0.1, 0.15) is 154 Å². The Morgan fingerprint density at radius 2 is 1.46 bits per heavy atom. The zero-order chi connectivity index (χ0) is 36.8. The van der Waals surface area contributed by atoms with E-state index in [1.54, 1.807) is 0 Å². The second kappa shape index (κ2) is 24.3. The summed E-state index contributed by atoms with van der Waals surface area (Å²) < 4.78 is 31.8. The van der Waals surface area contributed by atoms with Crippen LogP contribution in [0.4, 0.5) is 0 Å². The third-order valence-corrected chi connectivity index (χ3v) is 11.0. The van der Waals surface area contributed by atoms with Gasteiger partial charge in [0.1, 0.15) is 0 Å². The van der Waals surface area contributed by atoms with Crippen molar-refractivity contribution in [2.24, 2.45) is 5.22 Å². The molecule has 50 heavy (non-hydrogen) atoms. The van der Waals surface area contributed by atoms with Crippen molar-refractivity contribution in [2.75, 3.05) is 19.8 Å². The number of hydrogen-bond donors (Lipinski definition) is 3. The minimum Gasteiger partial charge on any atom is -0.390 e. The first-order valence-corrected chi connectivity index (χ1v) is 20.7. The van der Waals surface area contributed by atoms with Gasteiger partial charge in [-0.15, -0.1) is 5.53 Å². The largest absolute Gasteiger partial charge is 0.429 e. The van der Waals surface area contributed by atoms with Crippen LogP contribution in [0.15, 0.2) is 21.0 Å². The fourth-order valence-corrected chi connectivity index (χ4v) is 7.64. The number of aryl methyl sites for hydroxylation is 1. The number of aliphatic hydroxyl groups excluding tert-OH is 1. The van der Waals surface area contributed by atoms with Gasteiger partial charge in [-0.05, 0) is 31.4 Å². The van der Waals surface area contributed by atoms with Crippen LogP contribution >= 0.6 is 7.60 Å². The van der Waals surface area contributed by atoms with Gasteiger partial charge < -0.3 is 29.1 Å². The molecule has 2 unspecified atom stereocenters. The monoisotopic (exact) mass is 729 g/mol. The summed E-state index contributed by atoms with van der Waals surface area (Å²) in [6.07, 6.45) is 19.6. The lowest BCUT2D eigenvalue weighted by Crippen LogP contribution is -2.48. The first kappa shape index (κ1) is 44.1. The molecule has 0 bridgehead atoms. The highest BCUT2D eigenvalue weighted by Gasteiger charge is 2.58. The quantitative estimate of drug-likeness (QED) is 0.0245. The van der Waals surface area contributed by atoms with E-state index >= 15 is 0 Å². The number of azide groups is 1. The van der Waals surface area contributed by atoms with Gasteiger partial charge in [0.2, 0.25) is 0 Å². The van der Waals surface area contributed by atoms with Crippen LogP contribution in [-0.4, -0.2) is 62.3 Å². The Bertz CT molecular complexity index is 1310. The molecule has 0 radical (unpaired) electrons. The first-order valence-electron chi connectivity index (χ1n) is 19.0. The predicted octanol–water partition coefficient (Wildman–Crippen LogP) is 7.57. The molecule has 0 aliphatic carbocycles. The van der Waals surface area contributed by atoms with Crippen LogP contribution in [0.2, 0.25) is 0 Å². The van der Waals surface area contributed by atoms with Gasteiger partial charge in [0, 0.05) is 32.3 Å². The Morgan fingerprint density at radius 3 is 1.98 bits per heavy atom. The summed E-state index contributed by atoms with van der Waals surface area (Å²) in [5.41, 5.74) is 4.08. The minimum atomic E-state index is -5.24. The average Bonchev–Trinajstić information content (AvgIpc) is 3.55. The molecule has 2 heterocycles. The highest BCUT2D eigenvalue weighted by Crippen LogP contribution is 2.60. The molecule has 0 saturated carbocycles. The summed E-state index contributed by atoms with van der Waals surface area (Å²) in [4.78, 5) is 48.9. The Kier molecular flexibility index (Phi) is 21.4. The number of rotatable bonds is 29. The van der Waals surface area contributed by atoms with E-state index in [9.17, 15) is 29.0 Å². The fraction of sp³-hybridized carbons (Fsp3) is 0.886. The maximum absolute atomic E-state index is 13.1. The normalized spacial score (nSPS) is 19.0. The highest BCUT2D eigenvalue weighted by atomic mass is 31.2. The molecule has 2 rings (SSSR count). The molecule has 1 fully saturated rings. The zero-order valence-electron chi connectivity index (χ0n) is 30.8. The molecule has 4 atom stereocenters. The van der Waals surface area contributed by atoms with E-state index in [1.165, 1.54) is 90.4 Å². The molecule has 14 nitrogen and oxygen atoms in total. The van der Waals surface area contributed by atoms with Crippen molar-refractivity contribution in [3.05, 3.63) is 43.0 Å². The Labute approximate surface area is 297 Å². The van der Waals surface area contributed by atoms with E-state index in [0.29, 0.717) is 17.8 Å².